The molecule has 0 aliphatic rings. The minimum atomic E-state index is -0.574. The first-order chi connectivity index (χ1) is 10.9. The molecule has 2 aromatic rings. The number of anilines is 1. The first kappa shape index (κ1) is 16.9. The van der Waals surface area contributed by atoms with Crippen molar-refractivity contribution < 1.29 is 14.0 Å². The summed E-state index contributed by atoms with van der Waals surface area (Å²) in [6.07, 6.45) is 1.38. The number of nitrogens with zero attached hydrogens (tertiary/aromatic N) is 1. The molecule has 5 nitrogen and oxygen atoms in total. The Morgan fingerprint density at radius 3 is 2.57 bits per heavy atom. The van der Waals surface area contributed by atoms with E-state index in [2.05, 4.69) is 15.6 Å². The van der Waals surface area contributed by atoms with Gasteiger partial charge in [0.2, 0.25) is 0 Å². The van der Waals surface area contributed by atoms with Gasteiger partial charge in [0.1, 0.15) is 11.5 Å². The van der Waals surface area contributed by atoms with Crippen molar-refractivity contribution >= 4 is 29.1 Å². The van der Waals surface area contributed by atoms with Crippen molar-refractivity contribution in [3.05, 3.63) is 58.6 Å². The highest BCUT2D eigenvalue weighted by Gasteiger charge is 2.13. The zero-order valence-corrected chi connectivity index (χ0v) is 13.3. The van der Waals surface area contributed by atoms with E-state index < -0.39 is 11.7 Å². The monoisotopic (exact) mass is 335 g/mol. The fourth-order valence-corrected chi connectivity index (χ4v) is 1.99. The van der Waals surface area contributed by atoms with Gasteiger partial charge < -0.3 is 10.6 Å². The molecule has 0 fully saturated rings. The Balaban J connectivity index is 2.16. The summed E-state index contributed by atoms with van der Waals surface area (Å²) in [5.41, 5.74) is 0.734. The number of nitrogens with one attached hydrogen (secondary N) is 2. The van der Waals surface area contributed by atoms with E-state index in [0.717, 1.165) is 6.07 Å². The molecular weight excluding hydrogens is 321 g/mol. The zero-order valence-electron chi connectivity index (χ0n) is 12.6. The maximum atomic E-state index is 13.1. The van der Waals surface area contributed by atoms with Crippen LogP contribution in [0.15, 0.2) is 36.5 Å². The van der Waals surface area contributed by atoms with Gasteiger partial charge in [0.05, 0.1) is 5.02 Å². The molecule has 0 aliphatic carbocycles. The molecule has 0 radical (unpaired) electrons. The highest BCUT2D eigenvalue weighted by Crippen LogP contribution is 2.19. The molecule has 1 heterocycles. The van der Waals surface area contributed by atoms with Crippen LogP contribution >= 0.6 is 11.6 Å². The molecule has 0 spiro atoms. The topological polar surface area (TPSA) is 71.1 Å². The molecule has 2 amide bonds. The number of hydrogen-bond donors (Lipinski definition) is 2. The highest BCUT2D eigenvalue weighted by molar-refractivity contribution is 6.31. The lowest BCUT2D eigenvalue weighted by atomic mass is 10.2. The number of halogens is 2. The molecule has 2 rings (SSSR count). The van der Waals surface area contributed by atoms with Crippen molar-refractivity contribution in [2.24, 2.45) is 0 Å². The SMILES string of the molecule is CC(C)NC(=O)c1ccnc(C(=O)Nc2ccc(F)c(Cl)c2)c1. The van der Waals surface area contributed by atoms with Crippen LogP contribution in [-0.4, -0.2) is 22.8 Å². The van der Waals surface area contributed by atoms with Crippen LogP contribution in [0.1, 0.15) is 34.7 Å². The summed E-state index contributed by atoms with van der Waals surface area (Å²) in [7, 11) is 0. The van der Waals surface area contributed by atoms with E-state index in [1.807, 2.05) is 13.8 Å². The Kier molecular flexibility index (Phi) is 5.28. The maximum Gasteiger partial charge on any atom is 0.274 e. The second-order valence-corrected chi connectivity index (χ2v) is 5.55. The molecule has 0 saturated carbocycles. The summed E-state index contributed by atoms with van der Waals surface area (Å²) in [6, 6.07) is 6.71. The molecule has 23 heavy (non-hydrogen) atoms. The third-order valence-electron chi connectivity index (χ3n) is 2.85. The predicted octanol–water partition coefficient (Wildman–Crippen LogP) is 3.26. The molecule has 0 saturated heterocycles. The molecule has 0 aliphatic heterocycles. The average molecular weight is 336 g/mol. The van der Waals surface area contributed by atoms with Gasteiger partial charge in [-0.3, -0.25) is 14.6 Å². The normalized spacial score (nSPS) is 10.5. The summed E-state index contributed by atoms with van der Waals surface area (Å²) < 4.78 is 13.1. The van der Waals surface area contributed by atoms with Crippen LogP contribution in [0.2, 0.25) is 5.02 Å². The summed E-state index contributed by atoms with van der Waals surface area (Å²) >= 11 is 5.66. The number of aromatic nitrogens is 1. The van der Waals surface area contributed by atoms with Crippen molar-refractivity contribution in [3.63, 3.8) is 0 Å². The predicted molar refractivity (Wildman–Crippen MR) is 86.2 cm³/mol. The van der Waals surface area contributed by atoms with Gasteiger partial charge in [-0.2, -0.15) is 0 Å². The summed E-state index contributed by atoms with van der Waals surface area (Å²) in [5.74, 6) is -1.39. The van der Waals surface area contributed by atoms with Gasteiger partial charge in [-0.1, -0.05) is 11.6 Å². The third-order valence-corrected chi connectivity index (χ3v) is 3.14. The number of carbonyl (C=O) groups is 2. The lowest BCUT2D eigenvalue weighted by molar-refractivity contribution is 0.0943. The largest absolute Gasteiger partial charge is 0.350 e. The first-order valence-electron chi connectivity index (χ1n) is 6.90. The van der Waals surface area contributed by atoms with Crippen LogP contribution in [0, 0.1) is 5.82 Å². The van der Waals surface area contributed by atoms with Gasteiger partial charge in [-0.15, -0.1) is 0 Å². The zero-order chi connectivity index (χ0) is 17.0. The maximum absolute atomic E-state index is 13.1. The van der Waals surface area contributed by atoms with E-state index in [0.29, 0.717) is 11.3 Å². The van der Waals surface area contributed by atoms with Gasteiger partial charge in [0.25, 0.3) is 11.8 Å². The lowest BCUT2D eigenvalue weighted by Crippen LogP contribution is -2.30. The number of carbonyl (C=O) groups excluding carboxylic acids is 2. The van der Waals surface area contributed by atoms with Gasteiger partial charge >= 0.3 is 0 Å². The average Bonchev–Trinajstić information content (AvgIpc) is 2.50. The van der Waals surface area contributed by atoms with E-state index in [9.17, 15) is 14.0 Å². The van der Waals surface area contributed by atoms with Gasteiger partial charge in [0, 0.05) is 23.5 Å². The molecule has 1 aromatic carbocycles. The number of pyridine rings is 1. The van der Waals surface area contributed by atoms with E-state index in [4.69, 9.17) is 11.6 Å². The Hall–Kier alpha value is -2.47. The first-order valence-corrected chi connectivity index (χ1v) is 7.28. The Morgan fingerprint density at radius 1 is 1.17 bits per heavy atom. The third kappa shape index (κ3) is 4.50. The van der Waals surface area contributed by atoms with Crippen LogP contribution in [0.25, 0.3) is 0 Å². The number of amides is 2. The van der Waals surface area contributed by atoms with Crippen molar-refractivity contribution in [1.82, 2.24) is 10.3 Å². The number of benzene rings is 1. The number of hydrogen-bond acceptors (Lipinski definition) is 3. The van der Waals surface area contributed by atoms with Crippen molar-refractivity contribution in [2.45, 2.75) is 19.9 Å². The summed E-state index contributed by atoms with van der Waals surface area (Å²) in [4.78, 5) is 28.0. The van der Waals surface area contributed by atoms with Crippen molar-refractivity contribution in [3.8, 4) is 0 Å². The molecular formula is C16H15ClFN3O2. The molecule has 0 unspecified atom stereocenters. The fraction of sp³-hybridized carbons (Fsp3) is 0.188. The van der Waals surface area contributed by atoms with Gasteiger partial charge in [0.15, 0.2) is 0 Å². The second kappa shape index (κ2) is 7.19. The molecule has 2 N–H and O–H groups in total. The van der Waals surface area contributed by atoms with E-state index in [-0.39, 0.29) is 22.7 Å². The van der Waals surface area contributed by atoms with Crippen LogP contribution in [0.4, 0.5) is 10.1 Å². The van der Waals surface area contributed by atoms with Crippen LogP contribution < -0.4 is 10.6 Å². The second-order valence-electron chi connectivity index (χ2n) is 5.14. The van der Waals surface area contributed by atoms with Crippen LogP contribution in [0.3, 0.4) is 0 Å². The molecule has 7 heteroatoms. The quantitative estimate of drug-likeness (QED) is 0.900. The molecule has 0 bridgehead atoms. The Morgan fingerprint density at radius 2 is 1.91 bits per heavy atom. The molecule has 1 aromatic heterocycles. The van der Waals surface area contributed by atoms with E-state index >= 15 is 0 Å². The fourth-order valence-electron chi connectivity index (χ4n) is 1.81. The highest BCUT2D eigenvalue weighted by atomic mass is 35.5. The molecule has 120 valence electrons. The van der Waals surface area contributed by atoms with Crippen LogP contribution in [-0.2, 0) is 0 Å². The smallest absolute Gasteiger partial charge is 0.274 e. The van der Waals surface area contributed by atoms with E-state index in [1.54, 1.807) is 0 Å². The lowest BCUT2D eigenvalue weighted by Gasteiger charge is -2.09. The minimum Gasteiger partial charge on any atom is -0.350 e. The van der Waals surface area contributed by atoms with E-state index in [1.165, 1.54) is 30.5 Å². The number of rotatable bonds is 4. The minimum absolute atomic E-state index is 0.0192. The standard InChI is InChI=1S/C16H15ClFN3O2/c1-9(2)20-15(22)10-5-6-19-14(7-10)16(23)21-11-3-4-13(18)12(17)8-11/h3-9H,1-2H3,(H,20,22)(H,21,23). The van der Waals surface area contributed by atoms with Crippen molar-refractivity contribution in [1.29, 1.82) is 0 Å². The van der Waals surface area contributed by atoms with Gasteiger partial charge in [-0.25, -0.2) is 4.39 Å². The summed E-state index contributed by atoms with van der Waals surface area (Å²) in [6.45, 7) is 3.68. The Labute approximate surface area is 137 Å². The van der Waals surface area contributed by atoms with Crippen LogP contribution in [0.5, 0.6) is 0 Å². The molecule has 0 atom stereocenters. The van der Waals surface area contributed by atoms with Crippen molar-refractivity contribution in [2.75, 3.05) is 5.32 Å². The van der Waals surface area contributed by atoms with Gasteiger partial charge in [-0.05, 0) is 44.2 Å². The summed E-state index contributed by atoms with van der Waals surface area (Å²) in [5, 5.41) is 5.18. The Bertz CT molecular complexity index is 750.